The minimum absolute atomic E-state index is 0.0531. The Hall–Kier alpha value is -2.31. The van der Waals surface area contributed by atoms with Gasteiger partial charge in [0.1, 0.15) is 5.56 Å². The number of pyridine rings is 1. The molecule has 0 radical (unpaired) electrons. The number of alkyl halides is 2. The van der Waals surface area contributed by atoms with Crippen LogP contribution in [0.5, 0.6) is 0 Å². The Kier molecular flexibility index (Phi) is 4.54. The molecule has 118 valence electrons. The first-order chi connectivity index (χ1) is 10.3. The third kappa shape index (κ3) is 3.47. The third-order valence-electron chi connectivity index (χ3n) is 3.10. The largest absolute Gasteiger partial charge is 0.379 e. The van der Waals surface area contributed by atoms with Gasteiger partial charge in [-0.3, -0.25) is 9.78 Å². The van der Waals surface area contributed by atoms with Crippen molar-refractivity contribution in [1.29, 1.82) is 0 Å². The van der Waals surface area contributed by atoms with Gasteiger partial charge in [0.2, 0.25) is 0 Å². The van der Waals surface area contributed by atoms with E-state index in [1.807, 2.05) is 0 Å². The number of rotatable bonds is 4. The molecular weight excluding hydrogens is 290 g/mol. The molecule has 0 spiro atoms. The summed E-state index contributed by atoms with van der Waals surface area (Å²) in [6.45, 7) is 5.52. The Morgan fingerprint density at radius 1 is 1.27 bits per heavy atom. The highest BCUT2D eigenvalue weighted by molar-refractivity contribution is 5.49. The molecule has 2 aromatic heterocycles. The van der Waals surface area contributed by atoms with E-state index in [4.69, 9.17) is 0 Å². The van der Waals surface area contributed by atoms with E-state index in [1.165, 1.54) is 6.20 Å². The Morgan fingerprint density at radius 3 is 2.45 bits per heavy atom. The van der Waals surface area contributed by atoms with Crippen LogP contribution in [-0.2, 0) is 12.1 Å². The van der Waals surface area contributed by atoms with Gasteiger partial charge >= 0.3 is 0 Å². The number of aromatic nitrogens is 3. The maximum absolute atomic E-state index is 13.3. The summed E-state index contributed by atoms with van der Waals surface area (Å²) in [4.78, 5) is 16.1. The second-order valence-corrected chi connectivity index (χ2v) is 5.87. The SMILES string of the molecule is CC(C)(C)n1ncc(NCc2ccncc2)c(C(F)F)c1=O. The Labute approximate surface area is 127 Å². The lowest BCUT2D eigenvalue weighted by Crippen LogP contribution is -2.38. The topological polar surface area (TPSA) is 59.8 Å². The van der Waals surface area contributed by atoms with Crippen molar-refractivity contribution in [3.8, 4) is 0 Å². The fourth-order valence-electron chi connectivity index (χ4n) is 1.99. The van der Waals surface area contributed by atoms with Gasteiger partial charge in [-0.1, -0.05) is 0 Å². The van der Waals surface area contributed by atoms with Crippen molar-refractivity contribution < 1.29 is 8.78 Å². The van der Waals surface area contributed by atoms with Crippen LogP contribution in [0, 0.1) is 0 Å². The van der Waals surface area contributed by atoms with Gasteiger partial charge in [-0.15, -0.1) is 0 Å². The summed E-state index contributed by atoms with van der Waals surface area (Å²) in [7, 11) is 0. The van der Waals surface area contributed by atoms with Gasteiger partial charge in [0.25, 0.3) is 12.0 Å². The van der Waals surface area contributed by atoms with E-state index in [0.717, 1.165) is 10.2 Å². The Morgan fingerprint density at radius 2 is 1.91 bits per heavy atom. The average Bonchev–Trinajstić information content (AvgIpc) is 2.44. The fourth-order valence-corrected chi connectivity index (χ4v) is 1.99. The first-order valence-corrected chi connectivity index (χ1v) is 6.84. The average molecular weight is 308 g/mol. The number of hydrogen-bond donors (Lipinski definition) is 1. The van der Waals surface area contributed by atoms with E-state index in [1.54, 1.807) is 45.3 Å². The van der Waals surface area contributed by atoms with Crippen LogP contribution in [0.2, 0.25) is 0 Å². The van der Waals surface area contributed by atoms with Gasteiger partial charge < -0.3 is 5.32 Å². The standard InChI is InChI=1S/C15H18F2N4O/c1-15(2,3)21-14(22)12(13(16)17)11(9-20-21)19-8-10-4-6-18-7-5-10/h4-7,9,13,19H,8H2,1-3H3. The predicted molar refractivity (Wildman–Crippen MR) is 80.0 cm³/mol. The monoisotopic (exact) mass is 308 g/mol. The number of nitrogens with zero attached hydrogens (tertiary/aromatic N) is 3. The highest BCUT2D eigenvalue weighted by Crippen LogP contribution is 2.24. The fraction of sp³-hybridized carbons (Fsp3) is 0.400. The van der Waals surface area contributed by atoms with E-state index in [2.05, 4.69) is 15.4 Å². The molecular formula is C15H18F2N4O. The molecule has 2 aromatic rings. The van der Waals surface area contributed by atoms with Crippen LogP contribution in [-0.4, -0.2) is 14.8 Å². The first-order valence-electron chi connectivity index (χ1n) is 6.84. The van der Waals surface area contributed by atoms with Crippen LogP contribution < -0.4 is 10.9 Å². The molecule has 0 aliphatic heterocycles. The molecule has 7 heteroatoms. The zero-order valence-electron chi connectivity index (χ0n) is 12.7. The summed E-state index contributed by atoms with van der Waals surface area (Å²) in [5.74, 6) is 0. The normalized spacial score (nSPS) is 11.7. The first kappa shape index (κ1) is 16.1. The van der Waals surface area contributed by atoms with E-state index in [-0.39, 0.29) is 5.69 Å². The van der Waals surface area contributed by atoms with Crippen LogP contribution in [0.25, 0.3) is 0 Å². The van der Waals surface area contributed by atoms with Crippen molar-refractivity contribution in [2.24, 2.45) is 0 Å². The van der Waals surface area contributed by atoms with Gasteiger partial charge in [-0.05, 0) is 38.5 Å². The lowest BCUT2D eigenvalue weighted by atomic mass is 10.1. The van der Waals surface area contributed by atoms with Gasteiger partial charge in [0.15, 0.2) is 0 Å². The Balaban J connectivity index is 2.36. The maximum Gasteiger partial charge on any atom is 0.278 e. The third-order valence-corrected chi connectivity index (χ3v) is 3.10. The molecule has 0 unspecified atom stereocenters. The summed E-state index contributed by atoms with van der Waals surface area (Å²) >= 11 is 0. The second-order valence-electron chi connectivity index (χ2n) is 5.87. The lowest BCUT2D eigenvalue weighted by molar-refractivity contribution is 0.147. The maximum atomic E-state index is 13.3. The van der Waals surface area contributed by atoms with Gasteiger partial charge in [-0.2, -0.15) is 5.10 Å². The van der Waals surface area contributed by atoms with Crippen molar-refractivity contribution in [2.45, 2.75) is 39.3 Å². The number of hydrogen-bond acceptors (Lipinski definition) is 4. The molecule has 0 saturated heterocycles. The van der Waals surface area contributed by atoms with Crippen molar-refractivity contribution in [2.75, 3.05) is 5.32 Å². The highest BCUT2D eigenvalue weighted by atomic mass is 19.3. The lowest BCUT2D eigenvalue weighted by Gasteiger charge is -2.22. The van der Waals surface area contributed by atoms with Crippen molar-refractivity contribution in [3.63, 3.8) is 0 Å². The quantitative estimate of drug-likeness (QED) is 0.943. The molecule has 0 aliphatic carbocycles. The second kappa shape index (κ2) is 6.21. The Bertz CT molecular complexity index is 693. The molecule has 0 aromatic carbocycles. The summed E-state index contributed by atoms with van der Waals surface area (Å²) in [5, 5.41) is 6.85. The molecule has 2 heterocycles. The van der Waals surface area contributed by atoms with E-state index >= 15 is 0 Å². The van der Waals surface area contributed by atoms with Crippen LogP contribution in [0.1, 0.15) is 38.3 Å². The molecule has 0 amide bonds. The highest BCUT2D eigenvalue weighted by Gasteiger charge is 2.24. The van der Waals surface area contributed by atoms with Gasteiger partial charge in [0, 0.05) is 18.9 Å². The molecule has 0 saturated carbocycles. The van der Waals surface area contributed by atoms with Crippen molar-refractivity contribution >= 4 is 5.69 Å². The molecule has 0 fully saturated rings. The molecule has 22 heavy (non-hydrogen) atoms. The predicted octanol–water partition coefficient (Wildman–Crippen LogP) is 2.94. The molecule has 5 nitrogen and oxygen atoms in total. The summed E-state index contributed by atoms with van der Waals surface area (Å²) < 4.78 is 27.7. The number of halogens is 2. The van der Waals surface area contributed by atoms with Crippen LogP contribution in [0.4, 0.5) is 14.5 Å². The molecule has 1 N–H and O–H groups in total. The molecule has 2 rings (SSSR count). The summed E-state index contributed by atoms with van der Waals surface area (Å²) in [6, 6.07) is 3.53. The van der Waals surface area contributed by atoms with Crippen LogP contribution in [0.15, 0.2) is 35.5 Å². The zero-order valence-corrected chi connectivity index (χ0v) is 12.7. The van der Waals surface area contributed by atoms with E-state index in [9.17, 15) is 13.6 Å². The summed E-state index contributed by atoms with van der Waals surface area (Å²) in [6.07, 6.45) is 1.63. The molecule has 0 bridgehead atoms. The minimum atomic E-state index is -2.87. The smallest absolute Gasteiger partial charge is 0.278 e. The summed E-state index contributed by atoms with van der Waals surface area (Å²) in [5.41, 5.74) is -1.07. The number of anilines is 1. The minimum Gasteiger partial charge on any atom is -0.379 e. The van der Waals surface area contributed by atoms with Gasteiger partial charge in [-0.25, -0.2) is 13.5 Å². The zero-order chi connectivity index (χ0) is 16.3. The van der Waals surface area contributed by atoms with Crippen LogP contribution >= 0.6 is 0 Å². The van der Waals surface area contributed by atoms with E-state index < -0.39 is 23.1 Å². The van der Waals surface area contributed by atoms with Crippen LogP contribution in [0.3, 0.4) is 0 Å². The molecule has 0 atom stereocenters. The van der Waals surface area contributed by atoms with Crippen molar-refractivity contribution in [3.05, 3.63) is 52.2 Å². The van der Waals surface area contributed by atoms with Gasteiger partial charge in [0.05, 0.1) is 17.4 Å². The molecule has 0 aliphatic rings. The van der Waals surface area contributed by atoms with Crippen molar-refractivity contribution in [1.82, 2.24) is 14.8 Å². The van der Waals surface area contributed by atoms with E-state index in [0.29, 0.717) is 6.54 Å². The number of nitrogens with one attached hydrogen (secondary N) is 1.